The first-order valence-electron chi connectivity index (χ1n) is 9.13. The number of hydrogen-bond acceptors (Lipinski definition) is 3. The van der Waals surface area contributed by atoms with Crippen LogP contribution >= 0.6 is 11.8 Å². The number of benzene rings is 2. The molecule has 134 valence electrons. The second-order valence-corrected chi connectivity index (χ2v) is 7.94. The van der Waals surface area contributed by atoms with Gasteiger partial charge in [0.1, 0.15) is 0 Å². The lowest BCUT2D eigenvalue weighted by Gasteiger charge is -2.26. The van der Waals surface area contributed by atoms with E-state index in [2.05, 4.69) is 11.4 Å². The van der Waals surface area contributed by atoms with E-state index in [-0.39, 0.29) is 17.7 Å². The van der Waals surface area contributed by atoms with Gasteiger partial charge in [0.2, 0.25) is 11.8 Å². The fourth-order valence-electron chi connectivity index (χ4n) is 3.67. The number of rotatable bonds is 3. The minimum atomic E-state index is -0.134. The van der Waals surface area contributed by atoms with E-state index in [0.717, 1.165) is 35.7 Å². The van der Waals surface area contributed by atoms with Crippen molar-refractivity contribution in [2.75, 3.05) is 22.5 Å². The number of nitrogens with zero attached hydrogens (tertiary/aromatic N) is 1. The molecule has 2 aromatic rings. The number of fused-ring (bicyclic) bond motifs is 2. The highest BCUT2D eigenvalue weighted by Crippen LogP contribution is 2.34. The third-order valence-electron chi connectivity index (χ3n) is 5.06. The summed E-state index contributed by atoms with van der Waals surface area (Å²) in [6, 6.07) is 16.0. The molecule has 0 bridgehead atoms. The van der Waals surface area contributed by atoms with E-state index < -0.39 is 0 Å². The van der Waals surface area contributed by atoms with Crippen molar-refractivity contribution in [3.63, 3.8) is 0 Å². The molecular weight excluding hydrogens is 344 g/mol. The second kappa shape index (κ2) is 7.54. The van der Waals surface area contributed by atoms with Crippen molar-refractivity contribution in [2.24, 2.45) is 5.92 Å². The maximum absolute atomic E-state index is 12.9. The highest BCUT2D eigenvalue weighted by Gasteiger charge is 2.28. The first-order valence-corrected chi connectivity index (χ1v) is 10.1. The Morgan fingerprint density at radius 2 is 1.96 bits per heavy atom. The zero-order valence-corrected chi connectivity index (χ0v) is 15.4. The van der Waals surface area contributed by atoms with Gasteiger partial charge in [0.05, 0.1) is 5.69 Å². The number of carbonyl (C=O) groups excluding carboxylic acids is 2. The van der Waals surface area contributed by atoms with Crippen molar-refractivity contribution in [3.8, 4) is 0 Å². The van der Waals surface area contributed by atoms with E-state index in [4.69, 9.17) is 0 Å². The van der Waals surface area contributed by atoms with Crippen molar-refractivity contribution < 1.29 is 9.59 Å². The van der Waals surface area contributed by atoms with Gasteiger partial charge in [-0.05, 0) is 48.8 Å². The molecule has 4 nitrogen and oxygen atoms in total. The number of thioether (sulfide) groups is 1. The summed E-state index contributed by atoms with van der Waals surface area (Å²) in [5.41, 5.74) is 3.07. The van der Waals surface area contributed by atoms with Crippen LogP contribution in [0.2, 0.25) is 0 Å². The largest absolute Gasteiger partial charge is 0.326 e. The number of amides is 2. The Morgan fingerprint density at radius 3 is 2.88 bits per heavy atom. The molecule has 1 N–H and O–H groups in total. The third kappa shape index (κ3) is 3.49. The van der Waals surface area contributed by atoms with Gasteiger partial charge < -0.3 is 10.2 Å². The fourth-order valence-corrected chi connectivity index (χ4v) is 4.66. The number of hydrogen-bond donors (Lipinski definition) is 1. The van der Waals surface area contributed by atoms with Crippen molar-refractivity contribution in [1.29, 1.82) is 0 Å². The molecule has 0 fully saturated rings. The average molecular weight is 366 g/mol. The molecule has 2 heterocycles. The van der Waals surface area contributed by atoms with E-state index in [9.17, 15) is 9.59 Å². The standard InChI is InChI=1S/C21H22N2O2S/c24-20(23-12-5-13-26-19-9-4-3-8-18(19)23)11-10-16-14-15-6-1-2-7-17(15)22-21(16)25/h1-4,6-9,16H,5,10-14H2,(H,22,25). The lowest BCUT2D eigenvalue weighted by Crippen LogP contribution is -2.34. The molecule has 0 aromatic heterocycles. The first kappa shape index (κ1) is 17.2. The number of nitrogens with one attached hydrogen (secondary N) is 1. The van der Waals surface area contributed by atoms with E-state index in [1.54, 1.807) is 0 Å². The molecule has 5 heteroatoms. The second-order valence-electron chi connectivity index (χ2n) is 6.80. The molecule has 0 aliphatic carbocycles. The van der Waals surface area contributed by atoms with Crippen LogP contribution in [0, 0.1) is 5.92 Å². The fraction of sp³-hybridized carbons (Fsp3) is 0.333. The highest BCUT2D eigenvalue weighted by atomic mass is 32.2. The topological polar surface area (TPSA) is 49.4 Å². The van der Waals surface area contributed by atoms with Crippen LogP contribution in [0.15, 0.2) is 53.4 Å². The number of carbonyl (C=O) groups is 2. The SMILES string of the molecule is O=C1Nc2ccccc2CC1CCC(=O)N1CCCSc2ccccc21. The highest BCUT2D eigenvalue weighted by molar-refractivity contribution is 7.99. The van der Waals surface area contributed by atoms with Crippen molar-refractivity contribution in [2.45, 2.75) is 30.6 Å². The quantitative estimate of drug-likeness (QED) is 0.889. The zero-order chi connectivity index (χ0) is 17.9. The van der Waals surface area contributed by atoms with Crippen LogP contribution in [-0.2, 0) is 16.0 Å². The average Bonchev–Trinajstić information content (AvgIpc) is 2.88. The van der Waals surface area contributed by atoms with Crippen molar-refractivity contribution >= 4 is 35.0 Å². The van der Waals surface area contributed by atoms with Crippen LogP contribution in [0.1, 0.15) is 24.8 Å². The van der Waals surface area contributed by atoms with Crippen molar-refractivity contribution in [3.05, 3.63) is 54.1 Å². The van der Waals surface area contributed by atoms with Gasteiger partial charge in [-0.2, -0.15) is 0 Å². The summed E-state index contributed by atoms with van der Waals surface area (Å²) in [4.78, 5) is 28.3. The predicted octanol–water partition coefficient (Wildman–Crippen LogP) is 4.11. The molecule has 2 aliphatic heterocycles. The lowest BCUT2D eigenvalue weighted by atomic mass is 9.89. The van der Waals surface area contributed by atoms with Crippen LogP contribution in [0.4, 0.5) is 11.4 Å². The van der Waals surface area contributed by atoms with Gasteiger partial charge in [0.15, 0.2) is 0 Å². The first-order chi connectivity index (χ1) is 12.7. The summed E-state index contributed by atoms with van der Waals surface area (Å²) in [5, 5.41) is 2.97. The molecule has 1 atom stereocenters. The molecule has 0 saturated heterocycles. The molecule has 26 heavy (non-hydrogen) atoms. The molecule has 2 amide bonds. The van der Waals surface area contributed by atoms with Crippen LogP contribution in [-0.4, -0.2) is 24.1 Å². The van der Waals surface area contributed by atoms with Gasteiger partial charge in [-0.3, -0.25) is 9.59 Å². The molecule has 4 rings (SSSR count). The molecule has 0 spiro atoms. The maximum atomic E-state index is 12.9. The Hall–Kier alpha value is -2.27. The lowest BCUT2D eigenvalue weighted by molar-refractivity contribution is -0.121. The third-order valence-corrected chi connectivity index (χ3v) is 6.21. The summed E-state index contributed by atoms with van der Waals surface area (Å²) in [6.07, 6.45) is 2.69. The Labute approximate surface area is 158 Å². The van der Waals surface area contributed by atoms with E-state index >= 15 is 0 Å². The van der Waals surface area contributed by atoms with E-state index in [1.165, 1.54) is 4.90 Å². The minimum Gasteiger partial charge on any atom is -0.326 e. The van der Waals surface area contributed by atoms with Crippen LogP contribution in [0.25, 0.3) is 0 Å². The molecule has 2 aliphatic rings. The minimum absolute atomic E-state index is 0.0309. The van der Waals surface area contributed by atoms with Gasteiger partial charge in [-0.25, -0.2) is 0 Å². The summed E-state index contributed by atoms with van der Waals surface area (Å²) in [7, 11) is 0. The van der Waals surface area contributed by atoms with Crippen LogP contribution < -0.4 is 10.2 Å². The van der Waals surface area contributed by atoms with Crippen LogP contribution in [0.3, 0.4) is 0 Å². The predicted molar refractivity (Wildman–Crippen MR) is 106 cm³/mol. The molecular formula is C21H22N2O2S. The summed E-state index contributed by atoms with van der Waals surface area (Å²) in [5.74, 6) is 1.04. The smallest absolute Gasteiger partial charge is 0.227 e. The van der Waals surface area contributed by atoms with Gasteiger partial charge >= 0.3 is 0 Å². The Morgan fingerprint density at radius 1 is 1.15 bits per heavy atom. The van der Waals surface area contributed by atoms with Gasteiger partial charge in [-0.1, -0.05) is 30.3 Å². The van der Waals surface area contributed by atoms with E-state index in [1.807, 2.05) is 59.1 Å². The van der Waals surface area contributed by atoms with E-state index in [0.29, 0.717) is 19.3 Å². The summed E-state index contributed by atoms with van der Waals surface area (Å²) in [6.45, 7) is 0.753. The Balaban J connectivity index is 1.44. The van der Waals surface area contributed by atoms with Gasteiger partial charge in [0.25, 0.3) is 0 Å². The molecule has 0 radical (unpaired) electrons. The maximum Gasteiger partial charge on any atom is 0.227 e. The van der Waals surface area contributed by atoms with Gasteiger partial charge in [0, 0.05) is 29.5 Å². The molecule has 0 saturated carbocycles. The molecule has 2 aromatic carbocycles. The van der Waals surface area contributed by atoms with Crippen LogP contribution in [0.5, 0.6) is 0 Å². The van der Waals surface area contributed by atoms with Crippen molar-refractivity contribution in [1.82, 2.24) is 0 Å². The normalized spacial score (nSPS) is 19.2. The number of anilines is 2. The monoisotopic (exact) mass is 366 g/mol. The Bertz CT molecular complexity index is 836. The van der Waals surface area contributed by atoms with Gasteiger partial charge in [-0.15, -0.1) is 11.8 Å². The zero-order valence-electron chi connectivity index (χ0n) is 14.6. The molecule has 1 unspecified atom stereocenters. The summed E-state index contributed by atoms with van der Waals surface area (Å²) < 4.78 is 0. The Kier molecular flexibility index (Phi) is 4.98. The summed E-state index contributed by atoms with van der Waals surface area (Å²) >= 11 is 1.81. The number of para-hydroxylation sites is 2.